The maximum atomic E-state index is 12.7. The van der Waals surface area contributed by atoms with E-state index in [0.29, 0.717) is 17.7 Å². The summed E-state index contributed by atoms with van der Waals surface area (Å²) in [6.45, 7) is 2.21. The van der Waals surface area contributed by atoms with Crippen molar-refractivity contribution < 1.29 is 52.4 Å². The van der Waals surface area contributed by atoms with Crippen molar-refractivity contribution in [3.05, 3.63) is 48.0 Å². The SMILES string of the molecule is CCCCCCCCCCCc1ccc(Oc2ccccc2)c(S(=O)(=O)O)c1[O-].[Na+]. The van der Waals surface area contributed by atoms with Crippen LogP contribution in [0, 0.1) is 0 Å². The largest absolute Gasteiger partial charge is 1.00 e. The van der Waals surface area contributed by atoms with E-state index >= 15 is 0 Å². The van der Waals surface area contributed by atoms with E-state index in [4.69, 9.17) is 4.74 Å². The fourth-order valence-corrected chi connectivity index (χ4v) is 4.08. The summed E-state index contributed by atoms with van der Waals surface area (Å²) in [5, 5.41) is 12.7. The van der Waals surface area contributed by atoms with Crippen molar-refractivity contribution in [2.24, 2.45) is 0 Å². The molecule has 2 rings (SSSR count). The average molecular weight is 443 g/mol. The van der Waals surface area contributed by atoms with Crippen LogP contribution in [0.3, 0.4) is 0 Å². The quantitative estimate of drug-likeness (QED) is 0.293. The van der Waals surface area contributed by atoms with Crippen molar-refractivity contribution in [3.63, 3.8) is 0 Å². The standard InChI is InChI=1S/C23H32O5S.Na/c1-2-3-4-5-6-7-8-9-11-14-19-17-18-21(23(22(19)24)29(25,26)27)28-20-15-12-10-13-16-20;/h10,12-13,15-18,24H,2-9,11,14H2,1H3,(H,25,26,27);/q;+1/p-1. The van der Waals surface area contributed by atoms with Crippen LogP contribution in [0.1, 0.15) is 70.3 Å². The molecular weight excluding hydrogens is 411 g/mol. The maximum Gasteiger partial charge on any atom is 1.00 e. The molecule has 0 bridgehead atoms. The monoisotopic (exact) mass is 442 g/mol. The molecule has 1 N–H and O–H groups in total. The maximum absolute atomic E-state index is 12.7. The summed E-state index contributed by atoms with van der Waals surface area (Å²) >= 11 is 0. The first-order chi connectivity index (χ1) is 13.9. The molecule has 0 atom stereocenters. The zero-order valence-electron chi connectivity index (χ0n) is 18.1. The first-order valence-corrected chi connectivity index (χ1v) is 11.9. The minimum absolute atomic E-state index is 0. The molecular formula is C23H31NaO5S. The Hall–Kier alpha value is -1.05. The van der Waals surface area contributed by atoms with E-state index in [1.807, 2.05) is 0 Å². The number of ether oxygens (including phenoxy) is 1. The Morgan fingerprint density at radius 3 is 2.00 bits per heavy atom. The summed E-state index contributed by atoms with van der Waals surface area (Å²) in [6, 6.07) is 11.6. The molecule has 7 heteroatoms. The predicted molar refractivity (Wildman–Crippen MR) is 113 cm³/mol. The van der Waals surface area contributed by atoms with Crippen molar-refractivity contribution in [2.45, 2.75) is 76.0 Å². The molecule has 0 aliphatic rings. The third-order valence-corrected chi connectivity index (χ3v) is 5.84. The third-order valence-electron chi connectivity index (χ3n) is 4.94. The van der Waals surface area contributed by atoms with Gasteiger partial charge in [-0.25, -0.2) is 0 Å². The molecule has 0 aliphatic heterocycles. The van der Waals surface area contributed by atoms with Crippen molar-refractivity contribution in [2.75, 3.05) is 0 Å². The summed E-state index contributed by atoms with van der Waals surface area (Å²) in [6.07, 6.45) is 11.0. The van der Waals surface area contributed by atoms with E-state index < -0.39 is 20.8 Å². The zero-order valence-corrected chi connectivity index (χ0v) is 20.9. The van der Waals surface area contributed by atoms with Crippen LogP contribution in [0.4, 0.5) is 0 Å². The van der Waals surface area contributed by atoms with Gasteiger partial charge in [-0.3, -0.25) is 4.55 Å². The minimum atomic E-state index is -4.69. The summed E-state index contributed by atoms with van der Waals surface area (Å²) in [4.78, 5) is -0.685. The van der Waals surface area contributed by atoms with Crippen LogP contribution < -0.4 is 39.4 Å². The van der Waals surface area contributed by atoms with Crippen LogP contribution in [0.15, 0.2) is 47.4 Å². The van der Waals surface area contributed by atoms with Gasteiger partial charge in [-0.15, -0.1) is 0 Å². The summed E-state index contributed by atoms with van der Waals surface area (Å²) in [5.74, 6) is -0.441. The Labute approximate surface area is 202 Å². The predicted octanol–water partition coefficient (Wildman–Crippen LogP) is 2.88. The van der Waals surface area contributed by atoms with Gasteiger partial charge in [0.2, 0.25) is 0 Å². The van der Waals surface area contributed by atoms with Gasteiger partial charge in [0.05, 0.1) is 0 Å². The summed E-state index contributed by atoms with van der Waals surface area (Å²) in [5.41, 5.74) is 0.390. The number of unbranched alkanes of at least 4 members (excludes halogenated alkanes) is 8. The van der Waals surface area contributed by atoms with Crippen molar-refractivity contribution in [3.8, 4) is 17.2 Å². The molecule has 0 aliphatic carbocycles. The minimum Gasteiger partial charge on any atom is -0.871 e. The number of benzene rings is 2. The number of aryl methyl sites for hydroxylation is 1. The van der Waals surface area contributed by atoms with E-state index in [-0.39, 0.29) is 35.3 Å². The molecule has 0 amide bonds. The first kappa shape index (κ1) is 27.0. The Balaban J connectivity index is 0.00000450. The zero-order chi connectivity index (χ0) is 21.1. The fourth-order valence-electron chi connectivity index (χ4n) is 3.35. The normalized spacial score (nSPS) is 11.1. The van der Waals surface area contributed by atoms with Crippen LogP contribution in [-0.2, 0) is 16.5 Å². The van der Waals surface area contributed by atoms with Crippen LogP contribution >= 0.6 is 0 Å². The van der Waals surface area contributed by atoms with E-state index in [0.717, 1.165) is 19.3 Å². The Morgan fingerprint density at radius 2 is 1.43 bits per heavy atom. The van der Waals surface area contributed by atoms with Crippen molar-refractivity contribution in [1.82, 2.24) is 0 Å². The van der Waals surface area contributed by atoms with E-state index in [9.17, 15) is 18.1 Å². The van der Waals surface area contributed by atoms with Crippen molar-refractivity contribution in [1.29, 1.82) is 0 Å². The molecule has 5 nitrogen and oxygen atoms in total. The van der Waals surface area contributed by atoms with E-state index in [2.05, 4.69) is 6.92 Å². The van der Waals surface area contributed by atoms with E-state index in [1.54, 1.807) is 36.4 Å². The van der Waals surface area contributed by atoms with Gasteiger partial charge in [-0.2, -0.15) is 8.42 Å². The van der Waals surface area contributed by atoms with Gasteiger partial charge in [0, 0.05) is 0 Å². The van der Waals surface area contributed by atoms with E-state index in [1.165, 1.54) is 44.6 Å². The number of para-hydroxylation sites is 1. The Morgan fingerprint density at radius 1 is 0.867 bits per heavy atom. The fraction of sp³-hybridized carbons (Fsp3) is 0.478. The molecule has 0 fully saturated rings. The van der Waals surface area contributed by atoms with Crippen molar-refractivity contribution >= 4 is 10.1 Å². The summed E-state index contributed by atoms with van der Waals surface area (Å²) in [7, 11) is -4.69. The average Bonchev–Trinajstić information content (AvgIpc) is 2.68. The number of hydrogen-bond acceptors (Lipinski definition) is 4. The van der Waals surface area contributed by atoms with Gasteiger partial charge in [0.1, 0.15) is 16.4 Å². The molecule has 2 aromatic carbocycles. The molecule has 0 saturated heterocycles. The summed E-state index contributed by atoms with van der Waals surface area (Å²) < 4.78 is 38.7. The second-order valence-corrected chi connectivity index (χ2v) is 8.71. The van der Waals surface area contributed by atoms with Crippen LogP contribution in [0.5, 0.6) is 17.2 Å². The smallest absolute Gasteiger partial charge is 0.871 e. The van der Waals surface area contributed by atoms with Gasteiger partial charge in [-0.05, 0) is 31.0 Å². The molecule has 0 unspecified atom stereocenters. The number of rotatable bonds is 13. The molecule has 0 radical (unpaired) electrons. The van der Waals surface area contributed by atoms with Gasteiger partial charge in [0.15, 0.2) is 0 Å². The Kier molecular flexibility index (Phi) is 12.7. The number of hydrogen-bond donors (Lipinski definition) is 1. The van der Waals surface area contributed by atoms with Crippen LogP contribution in [-0.4, -0.2) is 13.0 Å². The van der Waals surface area contributed by atoms with Crippen LogP contribution in [0.2, 0.25) is 0 Å². The topological polar surface area (TPSA) is 86.7 Å². The van der Waals surface area contributed by atoms with Gasteiger partial charge in [-0.1, -0.05) is 93.9 Å². The second-order valence-electron chi connectivity index (χ2n) is 7.35. The van der Waals surface area contributed by atoms with Gasteiger partial charge in [0.25, 0.3) is 10.1 Å². The first-order valence-electron chi connectivity index (χ1n) is 10.5. The molecule has 0 saturated carbocycles. The molecule has 0 heterocycles. The van der Waals surface area contributed by atoms with Gasteiger partial charge < -0.3 is 9.84 Å². The molecule has 160 valence electrons. The second kappa shape index (κ2) is 14.1. The Bertz CT molecular complexity index is 853. The molecule has 0 spiro atoms. The molecule has 2 aromatic rings. The third kappa shape index (κ3) is 8.98. The molecule has 0 aromatic heterocycles. The molecule has 30 heavy (non-hydrogen) atoms. The van der Waals surface area contributed by atoms with Crippen LogP contribution in [0.25, 0.3) is 0 Å². The van der Waals surface area contributed by atoms with Gasteiger partial charge >= 0.3 is 29.6 Å².